The number of nitrogens with two attached hydrogens (primary N) is 1. The topological polar surface area (TPSA) is 157 Å². The molecule has 0 radical (unpaired) electrons. The van der Waals surface area contributed by atoms with Crippen LogP contribution in [0.5, 0.6) is 5.88 Å². The second kappa shape index (κ2) is 16.8. The van der Waals surface area contributed by atoms with Gasteiger partial charge in [0.15, 0.2) is 0 Å². The number of nitrogens with zero attached hydrogens (tertiary/aromatic N) is 8. The van der Waals surface area contributed by atoms with Gasteiger partial charge in [0, 0.05) is 56.1 Å². The number of hydrogen-bond acceptors (Lipinski definition) is 9. The zero-order valence-corrected chi connectivity index (χ0v) is 32.1. The summed E-state index contributed by atoms with van der Waals surface area (Å²) in [7, 11) is 4.01. The Bertz CT molecular complexity index is 1940. The number of hydrogen-bond donors (Lipinski definition) is 2. The van der Waals surface area contributed by atoms with Crippen LogP contribution in [0.15, 0.2) is 70.8 Å². The van der Waals surface area contributed by atoms with Crippen LogP contribution in [0.4, 0.5) is 5.82 Å². The molecular weight excluding hydrogens is 681 g/mol. The van der Waals surface area contributed by atoms with Crippen molar-refractivity contribution in [2.45, 2.75) is 46.1 Å². The summed E-state index contributed by atoms with van der Waals surface area (Å²) < 4.78 is 5.65. The van der Waals surface area contributed by atoms with Crippen molar-refractivity contribution in [3.63, 3.8) is 0 Å². The summed E-state index contributed by atoms with van der Waals surface area (Å²) in [4.78, 5) is 53.0. The lowest BCUT2D eigenvalue weighted by Gasteiger charge is -2.29. The fourth-order valence-electron chi connectivity index (χ4n) is 7.21. The number of rotatable bonds is 13. The average molecular weight is 733 g/mol. The normalized spacial score (nSPS) is 19.5. The molecule has 2 aromatic heterocycles. The molecule has 54 heavy (non-hydrogen) atoms. The molecule has 1 atom stereocenters. The maximum Gasteiger partial charge on any atom is 0.237 e. The molecule has 5 heterocycles. The molecule has 13 heteroatoms. The van der Waals surface area contributed by atoms with Gasteiger partial charge in [0.2, 0.25) is 17.7 Å². The maximum absolute atomic E-state index is 14.0. The number of aliphatic imine (C=N–C) groups is 2. The zero-order chi connectivity index (χ0) is 38.4. The first-order valence-electron chi connectivity index (χ1n) is 18.7. The minimum absolute atomic E-state index is 0.00561. The summed E-state index contributed by atoms with van der Waals surface area (Å²) in [6.45, 7) is 10.6. The van der Waals surface area contributed by atoms with Gasteiger partial charge in [-0.15, -0.1) is 0 Å². The second-order valence-electron chi connectivity index (χ2n) is 14.9. The van der Waals surface area contributed by atoms with Crippen molar-refractivity contribution >= 4 is 41.1 Å². The molecule has 284 valence electrons. The molecule has 1 aromatic carbocycles. The predicted octanol–water partition coefficient (Wildman–Crippen LogP) is 4.03. The lowest BCUT2D eigenvalue weighted by atomic mass is 9.85. The van der Waals surface area contributed by atoms with Crippen molar-refractivity contribution in [2.24, 2.45) is 21.1 Å². The second-order valence-corrected chi connectivity index (χ2v) is 14.9. The summed E-state index contributed by atoms with van der Waals surface area (Å²) in [5.41, 5.74) is 11.0. The Balaban J connectivity index is 1.02. The molecule has 3 aliphatic rings. The van der Waals surface area contributed by atoms with Gasteiger partial charge in [0.25, 0.3) is 0 Å². The van der Waals surface area contributed by atoms with E-state index in [2.05, 4.69) is 30.8 Å². The van der Waals surface area contributed by atoms with E-state index in [1.165, 1.54) is 11.9 Å². The van der Waals surface area contributed by atoms with Crippen molar-refractivity contribution in [3.8, 4) is 5.88 Å². The third-order valence-electron chi connectivity index (χ3n) is 10.3. The molecule has 3 aromatic rings. The van der Waals surface area contributed by atoms with Crippen molar-refractivity contribution < 1.29 is 14.3 Å². The van der Waals surface area contributed by atoms with E-state index in [4.69, 9.17) is 20.9 Å². The molecule has 1 spiro atoms. The van der Waals surface area contributed by atoms with Gasteiger partial charge in [0.05, 0.1) is 36.0 Å². The van der Waals surface area contributed by atoms with E-state index in [1.54, 1.807) is 17.2 Å². The van der Waals surface area contributed by atoms with Crippen LogP contribution in [0.2, 0.25) is 0 Å². The maximum atomic E-state index is 14.0. The minimum Gasteiger partial charge on any atom is -0.475 e. The number of carbonyl (C=O) groups is 2. The number of anilines is 1. The van der Waals surface area contributed by atoms with Gasteiger partial charge in [-0.25, -0.2) is 15.0 Å². The first kappa shape index (κ1) is 38.5. The minimum atomic E-state index is -0.537. The number of likely N-dealkylation sites (tertiary alicyclic amines) is 1. The van der Waals surface area contributed by atoms with Crippen LogP contribution >= 0.6 is 0 Å². The summed E-state index contributed by atoms with van der Waals surface area (Å²) >= 11 is 0. The number of amidine groups is 1. The summed E-state index contributed by atoms with van der Waals surface area (Å²) in [5.74, 6) is 1.60. The van der Waals surface area contributed by atoms with Crippen molar-refractivity contribution in [1.29, 1.82) is 5.41 Å². The van der Waals surface area contributed by atoms with Crippen LogP contribution in [-0.2, 0) is 9.59 Å². The van der Waals surface area contributed by atoms with Gasteiger partial charge >= 0.3 is 0 Å². The monoisotopic (exact) mass is 732 g/mol. The van der Waals surface area contributed by atoms with Crippen molar-refractivity contribution in [2.75, 3.05) is 71.4 Å². The van der Waals surface area contributed by atoms with E-state index < -0.39 is 5.41 Å². The number of amides is 2. The SMILES string of the molecule is Cc1ccc(N2CC[C@]3(CCN(CC(=O)N4CC=C(c5ccc(C(N)=NC=NCCN(C)C)cc5)CC4)C3)C2=O)nc1C(=N)c1ccc(OC(C)C)nc1. The van der Waals surface area contributed by atoms with Crippen LogP contribution in [0, 0.1) is 17.7 Å². The highest BCUT2D eigenvalue weighted by atomic mass is 16.5. The Morgan fingerprint density at radius 1 is 1.07 bits per heavy atom. The highest BCUT2D eigenvalue weighted by Crippen LogP contribution is 2.42. The molecule has 6 rings (SSSR count). The molecule has 0 aliphatic carbocycles. The zero-order valence-electron chi connectivity index (χ0n) is 32.1. The number of benzene rings is 1. The van der Waals surface area contributed by atoms with Gasteiger partial charge in [-0.3, -0.25) is 29.8 Å². The standard InChI is InChI=1S/C41H52N10O3/c1-28(2)54-35-13-11-33(24-45-35)37(42)38-29(3)6-12-34(47-38)51-22-17-41(40(51)53)16-21-49(26-41)25-36(52)50-19-14-31(15-20-50)30-7-9-32(10-8-30)39(43)46-27-44-18-23-48(4)5/h6-14,24,27-28,42H,15-23,25-26H2,1-5H3,(H2,43,44,46)/t41-/m0/s1. The van der Waals surface area contributed by atoms with Crippen LogP contribution in [-0.4, -0.2) is 127 Å². The lowest BCUT2D eigenvalue weighted by molar-refractivity contribution is -0.132. The van der Waals surface area contributed by atoms with E-state index in [9.17, 15) is 9.59 Å². The smallest absolute Gasteiger partial charge is 0.237 e. The Morgan fingerprint density at radius 3 is 2.52 bits per heavy atom. The third kappa shape index (κ3) is 8.91. The summed E-state index contributed by atoms with van der Waals surface area (Å²) in [5, 5.41) is 8.89. The Kier molecular flexibility index (Phi) is 12.0. The van der Waals surface area contributed by atoms with Crippen LogP contribution < -0.4 is 15.4 Å². The summed E-state index contributed by atoms with van der Waals surface area (Å²) in [6, 6.07) is 15.4. The molecule has 2 amide bonds. The molecule has 13 nitrogen and oxygen atoms in total. The molecule has 3 N–H and O–H groups in total. The molecule has 0 saturated carbocycles. The number of likely N-dealkylation sites (N-methyl/N-ethyl adjacent to an activating group) is 1. The van der Waals surface area contributed by atoms with E-state index in [1.807, 2.05) is 82.2 Å². The van der Waals surface area contributed by atoms with Crippen LogP contribution in [0.3, 0.4) is 0 Å². The highest BCUT2D eigenvalue weighted by molar-refractivity contribution is 6.11. The summed E-state index contributed by atoms with van der Waals surface area (Å²) in [6.07, 6.45) is 7.45. The number of pyridine rings is 2. The third-order valence-corrected chi connectivity index (χ3v) is 10.3. The van der Waals surface area contributed by atoms with Gasteiger partial charge < -0.3 is 20.3 Å². The van der Waals surface area contributed by atoms with Gasteiger partial charge in [-0.1, -0.05) is 36.4 Å². The molecule has 0 unspecified atom stereocenters. The molecule has 2 fully saturated rings. The Hall–Kier alpha value is -5.27. The van der Waals surface area contributed by atoms with E-state index in [0.29, 0.717) is 87.4 Å². The first-order valence-corrected chi connectivity index (χ1v) is 18.7. The number of aryl methyl sites for hydroxylation is 1. The number of aromatic nitrogens is 2. The van der Waals surface area contributed by atoms with E-state index in [-0.39, 0.29) is 23.6 Å². The van der Waals surface area contributed by atoms with E-state index in [0.717, 1.165) is 29.7 Å². The number of ether oxygens (including phenoxy) is 1. The fourth-order valence-corrected chi connectivity index (χ4v) is 7.21. The average Bonchev–Trinajstić information content (AvgIpc) is 3.72. The van der Waals surface area contributed by atoms with Crippen molar-refractivity contribution in [3.05, 3.63) is 88.8 Å². The number of carbonyl (C=O) groups excluding carboxylic acids is 2. The largest absolute Gasteiger partial charge is 0.475 e. The first-order chi connectivity index (χ1) is 25.9. The van der Waals surface area contributed by atoms with Crippen LogP contribution in [0.1, 0.15) is 61.1 Å². The van der Waals surface area contributed by atoms with Gasteiger partial charge in [-0.05, 0) is 89.5 Å². The highest BCUT2D eigenvalue weighted by Gasteiger charge is 2.51. The molecule has 3 aliphatic heterocycles. The van der Waals surface area contributed by atoms with Crippen molar-refractivity contribution in [1.82, 2.24) is 24.7 Å². The quantitative estimate of drug-likeness (QED) is 0.197. The Labute approximate surface area is 318 Å². The number of nitrogens with one attached hydrogen (secondary N) is 1. The Morgan fingerprint density at radius 2 is 1.83 bits per heavy atom. The molecular formula is C41H52N10O3. The van der Waals surface area contributed by atoms with Crippen LogP contribution in [0.25, 0.3) is 5.57 Å². The van der Waals surface area contributed by atoms with Gasteiger partial charge in [0.1, 0.15) is 18.0 Å². The van der Waals surface area contributed by atoms with Gasteiger partial charge in [-0.2, -0.15) is 0 Å². The molecule has 0 bridgehead atoms. The lowest BCUT2D eigenvalue weighted by Crippen LogP contribution is -2.43. The van der Waals surface area contributed by atoms with E-state index >= 15 is 0 Å². The predicted molar refractivity (Wildman–Crippen MR) is 214 cm³/mol. The fraction of sp³-hybridized carbons (Fsp3) is 0.439. The molecule has 2 saturated heterocycles.